The first-order valence-corrected chi connectivity index (χ1v) is 5.24. The third-order valence-electron chi connectivity index (χ3n) is 2.69. The fraction of sp³-hybridized carbons (Fsp3) is 0.455. The molecule has 1 aromatic carbocycles. The lowest BCUT2D eigenvalue weighted by Gasteiger charge is -2.11. The summed E-state index contributed by atoms with van der Waals surface area (Å²) in [6.45, 7) is 0. The van der Waals surface area contributed by atoms with E-state index in [1.54, 1.807) is 6.07 Å². The van der Waals surface area contributed by atoms with Gasteiger partial charge in [0.25, 0.3) is 0 Å². The molecule has 1 unspecified atom stereocenters. The first-order valence-electron chi connectivity index (χ1n) is 4.86. The summed E-state index contributed by atoms with van der Waals surface area (Å²) in [6.07, 6.45) is 3.09. The van der Waals surface area contributed by atoms with Gasteiger partial charge in [-0.2, -0.15) is 0 Å². The maximum absolute atomic E-state index is 12.9. The van der Waals surface area contributed by atoms with E-state index in [2.05, 4.69) is 0 Å². The Hall–Kier alpha value is -0.600. The molecule has 1 fully saturated rings. The number of hydrogen-bond donors (Lipinski definition) is 1. The molecule has 1 aliphatic carbocycles. The van der Waals surface area contributed by atoms with Crippen molar-refractivity contribution in [1.29, 1.82) is 0 Å². The second kappa shape index (κ2) is 3.87. The minimum atomic E-state index is -0.243. The largest absolute Gasteiger partial charge is 0.327 e. The van der Waals surface area contributed by atoms with Crippen molar-refractivity contribution in [2.24, 2.45) is 11.7 Å². The van der Waals surface area contributed by atoms with Crippen LogP contribution in [-0.2, 0) is 6.42 Å². The molecule has 1 saturated carbocycles. The maximum Gasteiger partial charge on any atom is 0.123 e. The van der Waals surface area contributed by atoms with E-state index >= 15 is 0 Å². The number of rotatable bonds is 3. The minimum absolute atomic E-state index is 0.134. The van der Waals surface area contributed by atoms with Crippen molar-refractivity contribution in [2.45, 2.75) is 25.3 Å². The number of halogens is 2. The highest BCUT2D eigenvalue weighted by Gasteiger charge is 2.28. The zero-order valence-electron chi connectivity index (χ0n) is 7.84. The Kier molecular flexibility index (Phi) is 2.75. The van der Waals surface area contributed by atoms with E-state index in [0.717, 1.165) is 5.56 Å². The highest BCUT2D eigenvalue weighted by molar-refractivity contribution is 6.31. The number of nitrogens with two attached hydrogens (primary N) is 1. The zero-order chi connectivity index (χ0) is 10.1. The van der Waals surface area contributed by atoms with Crippen LogP contribution in [0.4, 0.5) is 4.39 Å². The molecule has 2 rings (SSSR count). The standard InChI is InChI=1S/C11H13ClFN/c12-10-4-3-9(13)5-8(10)6-11(14)7-1-2-7/h3-5,7,11H,1-2,6,14H2. The van der Waals surface area contributed by atoms with E-state index < -0.39 is 0 Å². The lowest BCUT2D eigenvalue weighted by Crippen LogP contribution is -2.25. The number of benzene rings is 1. The van der Waals surface area contributed by atoms with Gasteiger partial charge in [0.15, 0.2) is 0 Å². The molecule has 1 nitrogen and oxygen atoms in total. The molecule has 0 radical (unpaired) electrons. The third-order valence-corrected chi connectivity index (χ3v) is 3.06. The molecule has 0 heterocycles. The summed E-state index contributed by atoms with van der Waals surface area (Å²) in [5.74, 6) is 0.377. The molecule has 14 heavy (non-hydrogen) atoms. The van der Waals surface area contributed by atoms with Crippen molar-refractivity contribution in [3.05, 3.63) is 34.6 Å². The molecule has 0 spiro atoms. The van der Waals surface area contributed by atoms with E-state index in [1.807, 2.05) is 0 Å². The highest BCUT2D eigenvalue weighted by atomic mass is 35.5. The van der Waals surface area contributed by atoms with E-state index in [4.69, 9.17) is 17.3 Å². The molecule has 1 aromatic rings. The molecular weight excluding hydrogens is 201 g/mol. The Bertz CT molecular complexity index is 336. The highest BCUT2D eigenvalue weighted by Crippen LogP contribution is 2.33. The third kappa shape index (κ3) is 2.25. The van der Waals surface area contributed by atoms with Crippen LogP contribution in [0.1, 0.15) is 18.4 Å². The van der Waals surface area contributed by atoms with Crippen molar-refractivity contribution >= 4 is 11.6 Å². The monoisotopic (exact) mass is 213 g/mol. The van der Waals surface area contributed by atoms with Crippen LogP contribution in [0, 0.1) is 11.7 Å². The second-order valence-electron chi connectivity index (χ2n) is 3.94. The summed E-state index contributed by atoms with van der Waals surface area (Å²) in [4.78, 5) is 0. The second-order valence-corrected chi connectivity index (χ2v) is 4.35. The van der Waals surface area contributed by atoms with E-state index in [1.165, 1.54) is 25.0 Å². The lowest BCUT2D eigenvalue weighted by atomic mass is 10.0. The quantitative estimate of drug-likeness (QED) is 0.821. The van der Waals surface area contributed by atoms with Gasteiger partial charge in [-0.3, -0.25) is 0 Å². The van der Waals surface area contributed by atoms with Crippen LogP contribution >= 0.6 is 11.6 Å². The average molecular weight is 214 g/mol. The van der Waals surface area contributed by atoms with E-state index in [-0.39, 0.29) is 11.9 Å². The molecule has 0 saturated heterocycles. The zero-order valence-corrected chi connectivity index (χ0v) is 8.60. The van der Waals surface area contributed by atoms with Crippen LogP contribution in [0.2, 0.25) is 5.02 Å². The smallest absolute Gasteiger partial charge is 0.123 e. The van der Waals surface area contributed by atoms with Gasteiger partial charge in [-0.05, 0) is 48.9 Å². The fourth-order valence-electron chi connectivity index (χ4n) is 1.64. The maximum atomic E-state index is 12.9. The molecule has 1 aliphatic rings. The lowest BCUT2D eigenvalue weighted by molar-refractivity contribution is 0.584. The van der Waals surface area contributed by atoms with Crippen molar-refractivity contribution in [2.75, 3.05) is 0 Å². The van der Waals surface area contributed by atoms with Gasteiger partial charge in [-0.1, -0.05) is 11.6 Å². The van der Waals surface area contributed by atoms with Gasteiger partial charge in [-0.15, -0.1) is 0 Å². The van der Waals surface area contributed by atoms with Crippen molar-refractivity contribution in [3.63, 3.8) is 0 Å². The van der Waals surface area contributed by atoms with Gasteiger partial charge < -0.3 is 5.73 Å². The molecule has 3 heteroatoms. The van der Waals surface area contributed by atoms with E-state index in [0.29, 0.717) is 17.4 Å². The SMILES string of the molecule is NC(Cc1cc(F)ccc1Cl)C1CC1. The fourth-order valence-corrected chi connectivity index (χ4v) is 1.84. The van der Waals surface area contributed by atoms with Crippen molar-refractivity contribution in [1.82, 2.24) is 0 Å². The summed E-state index contributed by atoms with van der Waals surface area (Å²) in [5, 5.41) is 0.613. The molecule has 0 aromatic heterocycles. The normalized spacial score (nSPS) is 18.2. The van der Waals surface area contributed by atoms with Crippen molar-refractivity contribution < 1.29 is 4.39 Å². The Morgan fingerprint density at radius 2 is 2.21 bits per heavy atom. The summed E-state index contributed by atoms with van der Waals surface area (Å²) < 4.78 is 12.9. The molecule has 0 amide bonds. The molecule has 1 atom stereocenters. The van der Waals surface area contributed by atoms with Crippen LogP contribution in [0.25, 0.3) is 0 Å². The summed E-state index contributed by atoms with van der Waals surface area (Å²) in [7, 11) is 0. The molecule has 76 valence electrons. The summed E-state index contributed by atoms with van der Waals surface area (Å²) in [5.41, 5.74) is 6.77. The topological polar surface area (TPSA) is 26.0 Å². The van der Waals surface area contributed by atoms with E-state index in [9.17, 15) is 4.39 Å². The van der Waals surface area contributed by atoms with Crippen LogP contribution < -0.4 is 5.73 Å². The van der Waals surface area contributed by atoms with Crippen LogP contribution in [0.15, 0.2) is 18.2 Å². The Labute approximate surface area is 88.1 Å². The average Bonchev–Trinajstić information content (AvgIpc) is 2.94. The Morgan fingerprint density at radius 1 is 1.50 bits per heavy atom. The Morgan fingerprint density at radius 3 is 2.86 bits per heavy atom. The Balaban J connectivity index is 2.10. The van der Waals surface area contributed by atoms with Crippen molar-refractivity contribution in [3.8, 4) is 0 Å². The number of hydrogen-bond acceptors (Lipinski definition) is 1. The van der Waals surface area contributed by atoms with Gasteiger partial charge in [0, 0.05) is 11.1 Å². The first-order chi connectivity index (χ1) is 6.66. The first kappa shape index (κ1) is 9.94. The molecule has 0 bridgehead atoms. The molecule has 0 aliphatic heterocycles. The predicted octanol–water partition coefficient (Wildman–Crippen LogP) is 2.76. The molecular formula is C11H13ClFN. The van der Waals surface area contributed by atoms with Gasteiger partial charge in [0.1, 0.15) is 5.82 Å². The van der Waals surface area contributed by atoms with Crippen LogP contribution in [-0.4, -0.2) is 6.04 Å². The van der Waals surface area contributed by atoms with Gasteiger partial charge in [-0.25, -0.2) is 4.39 Å². The summed E-state index contributed by atoms with van der Waals surface area (Å²) >= 11 is 5.94. The summed E-state index contributed by atoms with van der Waals surface area (Å²) in [6, 6.07) is 4.57. The minimum Gasteiger partial charge on any atom is -0.327 e. The predicted molar refractivity (Wildman–Crippen MR) is 55.8 cm³/mol. The van der Waals surface area contributed by atoms with Gasteiger partial charge >= 0.3 is 0 Å². The van der Waals surface area contributed by atoms with Gasteiger partial charge in [0.05, 0.1) is 0 Å². The van der Waals surface area contributed by atoms with Gasteiger partial charge in [0.2, 0.25) is 0 Å². The molecule has 2 N–H and O–H groups in total. The van der Waals surface area contributed by atoms with Crippen LogP contribution in [0.3, 0.4) is 0 Å². The van der Waals surface area contributed by atoms with Crippen LogP contribution in [0.5, 0.6) is 0 Å².